The van der Waals surface area contributed by atoms with E-state index >= 15 is 0 Å². The minimum Gasteiger partial charge on any atom is -0.458 e. The summed E-state index contributed by atoms with van der Waals surface area (Å²) in [7, 11) is 0. The Morgan fingerprint density at radius 3 is 2.66 bits per heavy atom. The van der Waals surface area contributed by atoms with Gasteiger partial charge in [0.25, 0.3) is 0 Å². The topological polar surface area (TPSA) is 102 Å². The molecule has 5 fully saturated rings. The van der Waals surface area contributed by atoms with E-state index in [4.69, 9.17) is 14.2 Å². The third-order valence-electron chi connectivity index (χ3n) is 10.5. The SMILES string of the molecule is CC(=O)O[C@H]1O[C@@]23CC[C@@]4(O)C[C@@H](O)CC[C@@]14[C@H]2CC[C@]1(C)[C@@H](C2=CC(=O)OC2)CC[C@H]13. The van der Waals surface area contributed by atoms with E-state index in [1.165, 1.54) is 6.92 Å². The Balaban J connectivity index is 1.43. The summed E-state index contributed by atoms with van der Waals surface area (Å²) in [5.74, 6) is 0.0170. The van der Waals surface area contributed by atoms with Gasteiger partial charge < -0.3 is 24.4 Å². The first kappa shape index (κ1) is 21.1. The molecule has 0 aromatic heterocycles. The molecule has 2 aliphatic heterocycles. The van der Waals surface area contributed by atoms with Crippen LogP contribution in [0.25, 0.3) is 0 Å². The average Bonchev–Trinajstić information content (AvgIpc) is 3.35. The molecule has 0 amide bonds. The van der Waals surface area contributed by atoms with E-state index in [1.54, 1.807) is 6.08 Å². The third-order valence-corrected chi connectivity index (χ3v) is 10.5. The molecule has 32 heavy (non-hydrogen) atoms. The molecule has 0 aromatic carbocycles. The van der Waals surface area contributed by atoms with Crippen molar-refractivity contribution in [3.05, 3.63) is 11.6 Å². The van der Waals surface area contributed by atoms with Gasteiger partial charge in [-0.1, -0.05) is 6.92 Å². The number of esters is 2. The second-order valence-electron chi connectivity index (χ2n) is 11.6. The second kappa shape index (κ2) is 6.57. The third kappa shape index (κ3) is 2.43. The molecule has 6 aliphatic rings. The van der Waals surface area contributed by atoms with E-state index in [2.05, 4.69) is 6.92 Å². The van der Waals surface area contributed by atoms with Crippen LogP contribution in [0.15, 0.2) is 11.6 Å². The Morgan fingerprint density at radius 2 is 1.94 bits per heavy atom. The summed E-state index contributed by atoms with van der Waals surface area (Å²) in [6, 6.07) is 0. The molecule has 0 unspecified atom stereocenters. The second-order valence-corrected chi connectivity index (χ2v) is 11.6. The van der Waals surface area contributed by atoms with E-state index < -0.39 is 35.0 Å². The summed E-state index contributed by atoms with van der Waals surface area (Å²) in [5, 5.41) is 22.3. The summed E-state index contributed by atoms with van der Waals surface area (Å²) in [6.45, 7) is 4.13. The summed E-state index contributed by atoms with van der Waals surface area (Å²) in [4.78, 5) is 23.9. The molecular weight excluding hydrogens is 412 g/mol. The van der Waals surface area contributed by atoms with Gasteiger partial charge in [-0.05, 0) is 74.2 Å². The van der Waals surface area contributed by atoms with Gasteiger partial charge in [-0.2, -0.15) is 0 Å². The molecule has 4 saturated carbocycles. The first-order valence-corrected chi connectivity index (χ1v) is 12.3. The molecular formula is C25H34O7. The Labute approximate surface area is 188 Å². The maximum Gasteiger partial charge on any atom is 0.331 e. The van der Waals surface area contributed by atoms with Gasteiger partial charge in [0.1, 0.15) is 6.61 Å². The highest BCUT2D eigenvalue weighted by molar-refractivity contribution is 5.85. The van der Waals surface area contributed by atoms with Crippen molar-refractivity contribution in [3.8, 4) is 0 Å². The molecule has 9 atom stereocenters. The minimum atomic E-state index is -1.09. The van der Waals surface area contributed by atoms with Crippen LogP contribution in [0.4, 0.5) is 0 Å². The molecule has 2 N–H and O–H groups in total. The maximum atomic E-state index is 12.1. The van der Waals surface area contributed by atoms with Gasteiger partial charge in [0.15, 0.2) is 0 Å². The number of aliphatic hydroxyl groups is 2. The van der Waals surface area contributed by atoms with Crippen molar-refractivity contribution >= 4 is 11.9 Å². The van der Waals surface area contributed by atoms with Crippen LogP contribution in [-0.2, 0) is 23.8 Å². The zero-order valence-corrected chi connectivity index (χ0v) is 19.0. The molecule has 176 valence electrons. The lowest BCUT2D eigenvalue weighted by atomic mass is 9.42. The van der Waals surface area contributed by atoms with E-state index in [0.29, 0.717) is 38.7 Å². The zero-order chi connectivity index (χ0) is 22.5. The number of carbonyl (C=O) groups excluding carboxylic acids is 2. The molecule has 1 saturated heterocycles. The Morgan fingerprint density at radius 1 is 1.12 bits per heavy atom. The van der Waals surface area contributed by atoms with E-state index in [0.717, 1.165) is 31.3 Å². The number of rotatable bonds is 2. The predicted octanol–water partition coefficient (Wildman–Crippen LogP) is 2.63. The fraction of sp³-hybridized carbons (Fsp3) is 0.840. The Bertz CT molecular complexity index is 899. The van der Waals surface area contributed by atoms with Gasteiger partial charge >= 0.3 is 11.9 Å². The van der Waals surface area contributed by atoms with Crippen LogP contribution in [0.3, 0.4) is 0 Å². The zero-order valence-electron chi connectivity index (χ0n) is 19.0. The van der Waals surface area contributed by atoms with Gasteiger partial charge in [-0.25, -0.2) is 4.79 Å². The van der Waals surface area contributed by atoms with Gasteiger partial charge in [0.2, 0.25) is 6.29 Å². The van der Waals surface area contributed by atoms with Gasteiger partial charge in [-0.3, -0.25) is 4.79 Å². The van der Waals surface area contributed by atoms with Crippen molar-refractivity contribution < 1.29 is 34.0 Å². The molecule has 7 nitrogen and oxygen atoms in total. The minimum absolute atomic E-state index is 0.0216. The number of carbonyl (C=O) groups is 2. The molecule has 7 heteroatoms. The van der Waals surface area contributed by atoms with Crippen LogP contribution in [0.5, 0.6) is 0 Å². The summed E-state index contributed by atoms with van der Waals surface area (Å²) >= 11 is 0. The lowest BCUT2D eigenvalue weighted by molar-refractivity contribution is -0.241. The van der Waals surface area contributed by atoms with Crippen LogP contribution in [0.1, 0.15) is 71.6 Å². The van der Waals surface area contributed by atoms with Crippen LogP contribution < -0.4 is 0 Å². The highest BCUT2D eigenvalue weighted by Gasteiger charge is 2.80. The van der Waals surface area contributed by atoms with Gasteiger partial charge in [0.05, 0.1) is 22.7 Å². The monoisotopic (exact) mass is 446 g/mol. The fourth-order valence-corrected chi connectivity index (χ4v) is 9.43. The Hall–Kier alpha value is -1.44. The van der Waals surface area contributed by atoms with Crippen molar-refractivity contribution in [3.63, 3.8) is 0 Å². The summed E-state index contributed by atoms with van der Waals surface area (Å²) in [5.41, 5.74) is -1.11. The van der Waals surface area contributed by atoms with Crippen LogP contribution in [0, 0.1) is 28.6 Å². The summed E-state index contributed by atoms with van der Waals surface area (Å²) < 4.78 is 17.9. The molecule has 0 radical (unpaired) electrons. The number of aliphatic hydroxyl groups excluding tert-OH is 1. The summed E-state index contributed by atoms with van der Waals surface area (Å²) in [6.07, 6.45) is 7.02. The lowest BCUT2D eigenvalue weighted by Crippen LogP contribution is -2.67. The molecule has 4 aliphatic carbocycles. The normalized spacial score (nSPS) is 53.7. The number of cyclic esters (lactones) is 1. The van der Waals surface area contributed by atoms with Crippen LogP contribution in [0.2, 0.25) is 0 Å². The molecule has 0 aromatic rings. The van der Waals surface area contributed by atoms with Crippen molar-refractivity contribution in [2.45, 2.75) is 95.2 Å². The first-order chi connectivity index (χ1) is 15.1. The van der Waals surface area contributed by atoms with Gasteiger partial charge in [0, 0.05) is 25.3 Å². The largest absolute Gasteiger partial charge is 0.458 e. The highest BCUT2D eigenvalue weighted by atomic mass is 16.7. The maximum absolute atomic E-state index is 12.1. The van der Waals surface area contributed by atoms with Crippen LogP contribution in [-0.4, -0.2) is 52.4 Å². The molecule has 2 heterocycles. The number of hydrogen-bond acceptors (Lipinski definition) is 7. The fourth-order valence-electron chi connectivity index (χ4n) is 9.43. The number of ether oxygens (including phenoxy) is 3. The van der Waals surface area contributed by atoms with Crippen molar-refractivity contribution in [1.82, 2.24) is 0 Å². The van der Waals surface area contributed by atoms with E-state index in [-0.39, 0.29) is 29.1 Å². The van der Waals surface area contributed by atoms with Crippen molar-refractivity contribution in [2.75, 3.05) is 6.61 Å². The van der Waals surface area contributed by atoms with Gasteiger partial charge in [-0.15, -0.1) is 0 Å². The van der Waals surface area contributed by atoms with E-state index in [9.17, 15) is 19.8 Å². The first-order valence-electron chi connectivity index (χ1n) is 12.3. The van der Waals surface area contributed by atoms with E-state index in [1.807, 2.05) is 0 Å². The average molecular weight is 447 g/mol. The number of fused-ring (bicyclic) bond motifs is 1. The predicted molar refractivity (Wildman–Crippen MR) is 112 cm³/mol. The standard InChI is InChI=1S/C25H34O7/c1-14(26)31-21-24-8-5-16(27)12-23(24,29)9-10-25(32-21)18-4-3-17(15-11-20(28)30-13-15)22(18,2)7-6-19(24)25/h11,16-19,21,27,29H,3-10,12-13H2,1-2H3/t16-,17+,18+,19+,21-,22+,23+,24+,25+/m0/s1. The number of hydrogen-bond donors (Lipinski definition) is 2. The highest BCUT2D eigenvalue weighted by Crippen LogP contribution is 2.76. The molecule has 6 rings (SSSR count). The molecule has 2 bridgehead atoms. The van der Waals surface area contributed by atoms with Crippen molar-refractivity contribution in [1.29, 1.82) is 0 Å². The Kier molecular flexibility index (Phi) is 4.34. The van der Waals surface area contributed by atoms with Crippen LogP contribution >= 0.6 is 0 Å². The smallest absolute Gasteiger partial charge is 0.331 e. The molecule has 1 spiro atoms. The lowest BCUT2D eigenvalue weighted by Gasteiger charge is -2.63. The van der Waals surface area contributed by atoms with Crippen molar-refractivity contribution in [2.24, 2.45) is 28.6 Å². The quantitative estimate of drug-likeness (QED) is 0.629.